The molecule has 0 aliphatic carbocycles. The van der Waals surface area contributed by atoms with Gasteiger partial charge in [0.25, 0.3) is 0 Å². The van der Waals surface area contributed by atoms with E-state index in [2.05, 4.69) is 5.32 Å². The summed E-state index contributed by atoms with van der Waals surface area (Å²) in [5.41, 5.74) is 1.08. The maximum Gasteiger partial charge on any atom is 0.326 e. The van der Waals surface area contributed by atoms with Crippen molar-refractivity contribution >= 4 is 5.97 Å². The van der Waals surface area contributed by atoms with Crippen LogP contribution in [0.3, 0.4) is 0 Å². The Labute approximate surface area is 90.2 Å². The SMILES string of the molecule is CNCc1cccn1CC(=O)OC(C)C. The van der Waals surface area contributed by atoms with Crippen LogP contribution < -0.4 is 5.32 Å². The van der Waals surface area contributed by atoms with Crippen molar-refractivity contribution in [3.63, 3.8) is 0 Å². The van der Waals surface area contributed by atoms with E-state index in [1.54, 1.807) is 0 Å². The summed E-state index contributed by atoms with van der Waals surface area (Å²) in [6.07, 6.45) is 1.83. The average Bonchev–Trinajstić information content (AvgIpc) is 2.52. The quantitative estimate of drug-likeness (QED) is 0.742. The molecule has 0 atom stereocenters. The smallest absolute Gasteiger partial charge is 0.326 e. The van der Waals surface area contributed by atoms with Gasteiger partial charge in [-0.05, 0) is 33.0 Å². The third-order valence-corrected chi connectivity index (χ3v) is 1.95. The first-order valence-electron chi connectivity index (χ1n) is 5.11. The number of aromatic nitrogens is 1. The van der Waals surface area contributed by atoms with Crippen LogP contribution in [0.1, 0.15) is 19.5 Å². The first-order chi connectivity index (χ1) is 7.13. The zero-order chi connectivity index (χ0) is 11.3. The Kier molecular flexibility index (Phi) is 4.37. The van der Waals surface area contributed by atoms with Gasteiger partial charge in [-0.3, -0.25) is 4.79 Å². The lowest BCUT2D eigenvalue weighted by molar-refractivity contribution is -0.148. The van der Waals surface area contributed by atoms with Gasteiger partial charge >= 0.3 is 5.97 Å². The third-order valence-electron chi connectivity index (χ3n) is 1.95. The van der Waals surface area contributed by atoms with Crippen LogP contribution in [0.25, 0.3) is 0 Å². The lowest BCUT2D eigenvalue weighted by Gasteiger charge is -2.11. The number of rotatable bonds is 5. The van der Waals surface area contributed by atoms with Gasteiger partial charge in [0.2, 0.25) is 0 Å². The number of carbonyl (C=O) groups is 1. The number of hydrogen-bond acceptors (Lipinski definition) is 3. The van der Waals surface area contributed by atoms with Crippen molar-refractivity contribution in [3.05, 3.63) is 24.0 Å². The molecule has 0 fully saturated rings. The summed E-state index contributed by atoms with van der Waals surface area (Å²) < 4.78 is 6.97. The highest BCUT2D eigenvalue weighted by Gasteiger charge is 2.08. The first-order valence-corrected chi connectivity index (χ1v) is 5.11. The van der Waals surface area contributed by atoms with Crippen LogP contribution in [0, 0.1) is 0 Å². The molecule has 4 heteroatoms. The lowest BCUT2D eigenvalue weighted by atomic mass is 10.4. The molecule has 0 amide bonds. The van der Waals surface area contributed by atoms with Crippen molar-refractivity contribution in [2.45, 2.75) is 33.0 Å². The molecule has 1 aromatic heterocycles. The molecular weight excluding hydrogens is 192 g/mol. The number of hydrogen-bond donors (Lipinski definition) is 1. The topological polar surface area (TPSA) is 43.3 Å². The largest absolute Gasteiger partial charge is 0.462 e. The van der Waals surface area contributed by atoms with E-state index in [0.717, 1.165) is 12.2 Å². The maximum atomic E-state index is 11.4. The van der Waals surface area contributed by atoms with Crippen LogP contribution in [-0.4, -0.2) is 23.7 Å². The molecule has 1 N–H and O–H groups in total. The lowest BCUT2D eigenvalue weighted by Crippen LogP contribution is -2.19. The molecule has 4 nitrogen and oxygen atoms in total. The molecule has 84 valence electrons. The number of nitrogens with one attached hydrogen (secondary N) is 1. The van der Waals surface area contributed by atoms with Gasteiger partial charge in [0.05, 0.1) is 6.10 Å². The summed E-state index contributed by atoms with van der Waals surface area (Å²) in [6.45, 7) is 4.73. The second-order valence-electron chi connectivity index (χ2n) is 3.70. The highest BCUT2D eigenvalue weighted by molar-refractivity contribution is 5.69. The van der Waals surface area contributed by atoms with Crippen molar-refractivity contribution in [1.29, 1.82) is 0 Å². The number of nitrogens with zero attached hydrogens (tertiary/aromatic N) is 1. The molecule has 0 radical (unpaired) electrons. The Morgan fingerprint density at radius 3 is 2.93 bits per heavy atom. The normalized spacial score (nSPS) is 10.7. The third kappa shape index (κ3) is 3.75. The number of carbonyl (C=O) groups excluding carboxylic acids is 1. The second-order valence-corrected chi connectivity index (χ2v) is 3.70. The molecule has 0 aliphatic rings. The molecule has 15 heavy (non-hydrogen) atoms. The molecule has 1 heterocycles. The minimum Gasteiger partial charge on any atom is -0.462 e. The van der Waals surface area contributed by atoms with Crippen LogP contribution in [0.5, 0.6) is 0 Å². The van der Waals surface area contributed by atoms with Crippen molar-refractivity contribution in [2.24, 2.45) is 0 Å². The minimum atomic E-state index is -0.196. The summed E-state index contributed by atoms with van der Waals surface area (Å²) in [7, 11) is 1.88. The highest BCUT2D eigenvalue weighted by atomic mass is 16.5. The summed E-state index contributed by atoms with van der Waals surface area (Å²) in [5.74, 6) is -0.196. The van der Waals surface area contributed by atoms with E-state index in [1.165, 1.54) is 0 Å². The average molecular weight is 210 g/mol. The Bertz CT molecular complexity index is 318. The summed E-state index contributed by atoms with van der Waals surface area (Å²) in [4.78, 5) is 11.4. The van der Waals surface area contributed by atoms with Crippen LogP contribution in [-0.2, 0) is 22.6 Å². The molecule has 1 aromatic rings. The molecule has 0 bridgehead atoms. The van der Waals surface area contributed by atoms with Crippen LogP contribution in [0.15, 0.2) is 18.3 Å². The van der Waals surface area contributed by atoms with Gasteiger partial charge in [0.1, 0.15) is 6.54 Å². The molecule has 0 aromatic carbocycles. The molecule has 0 spiro atoms. The van der Waals surface area contributed by atoms with Gasteiger partial charge in [-0.15, -0.1) is 0 Å². The zero-order valence-electron chi connectivity index (χ0n) is 9.49. The standard InChI is InChI=1S/C11H18N2O2/c1-9(2)15-11(14)8-13-6-4-5-10(13)7-12-3/h4-6,9,12H,7-8H2,1-3H3. The minimum absolute atomic E-state index is 0.0548. The van der Waals surface area contributed by atoms with E-state index in [0.29, 0.717) is 0 Å². The monoisotopic (exact) mass is 210 g/mol. The van der Waals surface area contributed by atoms with Crippen molar-refractivity contribution in [3.8, 4) is 0 Å². The first kappa shape index (κ1) is 11.8. The van der Waals surface area contributed by atoms with Gasteiger partial charge in [-0.1, -0.05) is 0 Å². The molecule has 0 saturated carbocycles. The fraction of sp³-hybridized carbons (Fsp3) is 0.545. The summed E-state index contributed by atoms with van der Waals surface area (Å²) >= 11 is 0. The molecule has 0 saturated heterocycles. The Morgan fingerprint density at radius 1 is 1.60 bits per heavy atom. The van der Waals surface area contributed by atoms with Gasteiger partial charge in [-0.2, -0.15) is 0 Å². The molecular formula is C11H18N2O2. The van der Waals surface area contributed by atoms with Crippen LogP contribution >= 0.6 is 0 Å². The highest BCUT2D eigenvalue weighted by Crippen LogP contribution is 2.03. The maximum absolute atomic E-state index is 11.4. The predicted octanol–water partition coefficient (Wildman–Crippen LogP) is 1.16. The number of ether oxygens (including phenoxy) is 1. The van der Waals surface area contributed by atoms with Crippen LogP contribution in [0.4, 0.5) is 0 Å². The Balaban J connectivity index is 2.55. The fourth-order valence-corrected chi connectivity index (χ4v) is 1.38. The number of esters is 1. The van der Waals surface area contributed by atoms with E-state index in [-0.39, 0.29) is 18.6 Å². The van der Waals surface area contributed by atoms with E-state index >= 15 is 0 Å². The van der Waals surface area contributed by atoms with Gasteiger partial charge in [0.15, 0.2) is 0 Å². The fourth-order valence-electron chi connectivity index (χ4n) is 1.38. The Hall–Kier alpha value is -1.29. The zero-order valence-corrected chi connectivity index (χ0v) is 9.49. The van der Waals surface area contributed by atoms with Crippen molar-refractivity contribution in [1.82, 2.24) is 9.88 Å². The molecule has 0 unspecified atom stereocenters. The molecule has 0 aliphatic heterocycles. The summed E-state index contributed by atoms with van der Waals surface area (Å²) in [5, 5.41) is 3.05. The van der Waals surface area contributed by atoms with Gasteiger partial charge < -0.3 is 14.6 Å². The summed E-state index contributed by atoms with van der Waals surface area (Å²) in [6, 6.07) is 3.91. The predicted molar refractivity (Wildman–Crippen MR) is 58.4 cm³/mol. The van der Waals surface area contributed by atoms with Crippen molar-refractivity contribution in [2.75, 3.05) is 7.05 Å². The Morgan fingerprint density at radius 2 is 2.33 bits per heavy atom. The van der Waals surface area contributed by atoms with Gasteiger partial charge in [0, 0.05) is 18.4 Å². The van der Waals surface area contributed by atoms with Gasteiger partial charge in [-0.25, -0.2) is 0 Å². The second kappa shape index (κ2) is 5.56. The van der Waals surface area contributed by atoms with E-state index in [1.807, 2.05) is 43.8 Å². The van der Waals surface area contributed by atoms with Crippen molar-refractivity contribution < 1.29 is 9.53 Å². The van der Waals surface area contributed by atoms with E-state index < -0.39 is 0 Å². The van der Waals surface area contributed by atoms with E-state index in [4.69, 9.17) is 4.74 Å². The molecule has 1 rings (SSSR count). The van der Waals surface area contributed by atoms with Crippen LogP contribution in [0.2, 0.25) is 0 Å². The van der Waals surface area contributed by atoms with E-state index in [9.17, 15) is 4.79 Å².